The lowest BCUT2D eigenvalue weighted by Crippen LogP contribution is -2.36. The van der Waals surface area contributed by atoms with Crippen molar-refractivity contribution in [1.82, 2.24) is 9.97 Å². The molecule has 1 unspecified atom stereocenters. The van der Waals surface area contributed by atoms with Gasteiger partial charge in [0.2, 0.25) is 0 Å². The molecule has 7 heteroatoms. The maximum absolute atomic E-state index is 9.07. The van der Waals surface area contributed by atoms with E-state index in [1.807, 2.05) is 12.3 Å². The van der Waals surface area contributed by atoms with Crippen molar-refractivity contribution in [3.05, 3.63) is 6.07 Å². The van der Waals surface area contributed by atoms with Crippen molar-refractivity contribution in [3.63, 3.8) is 0 Å². The molecule has 0 amide bonds. The average molecular weight is 283 g/mol. The zero-order valence-corrected chi connectivity index (χ0v) is 12.0. The number of aliphatic hydroxyl groups excluding tert-OH is 1. The van der Waals surface area contributed by atoms with Crippen molar-refractivity contribution in [1.29, 1.82) is 0 Å². The number of anilines is 2. The fraction of sp³-hybridized carbons (Fsp3) is 0.667. The first-order valence-corrected chi connectivity index (χ1v) is 7.74. The number of hydrogen-bond donors (Lipinski definition) is 3. The molecule has 1 aliphatic rings. The molecule has 1 aromatic rings. The number of hydrazine groups is 1. The molecule has 1 atom stereocenters. The van der Waals surface area contributed by atoms with Crippen LogP contribution in [0.5, 0.6) is 0 Å². The third-order valence-electron chi connectivity index (χ3n) is 3.40. The SMILES string of the molecule is CSc1nc(NN)cc(N2CCCC(CCO)C2)n1. The Labute approximate surface area is 117 Å². The lowest BCUT2D eigenvalue weighted by Gasteiger charge is -2.33. The van der Waals surface area contributed by atoms with Gasteiger partial charge < -0.3 is 15.4 Å². The number of aromatic nitrogens is 2. The van der Waals surface area contributed by atoms with Crippen LogP contribution in [0.2, 0.25) is 0 Å². The van der Waals surface area contributed by atoms with Gasteiger partial charge in [0.15, 0.2) is 5.16 Å². The summed E-state index contributed by atoms with van der Waals surface area (Å²) >= 11 is 1.50. The Bertz CT molecular complexity index is 393. The zero-order valence-electron chi connectivity index (χ0n) is 11.2. The molecule has 1 fully saturated rings. The Hall–Kier alpha value is -1.05. The number of hydrogen-bond acceptors (Lipinski definition) is 7. The minimum absolute atomic E-state index is 0.258. The standard InChI is InChI=1S/C12H21N5OS/c1-19-12-14-10(16-13)7-11(15-12)17-5-2-3-9(8-17)4-6-18/h7,9,18H,2-6,8,13H2,1H3,(H,14,15,16). The van der Waals surface area contributed by atoms with Crippen LogP contribution >= 0.6 is 11.8 Å². The van der Waals surface area contributed by atoms with Crippen LogP contribution in [0, 0.1) is 5.92 Å². The van der Waals surface area contributed by atoms with Crippen molar-refractivity contribution in [2.24, 2.45) is 11.8 Å². The van der Waals surface area contributed by atoms with Gasteiger partial charge in [0.25, 0.3) is 0 Å². The van der Waals surface area contributed by atoms with Gasteiger partial charge in [0, 0.05) is 25.8 Å². The summed E-state index contributed by atoms with van der Waals surface area (Å²) in [7, 11) is 0. The highest BCUT2D eigenvalue weighted by atomic mass is 32.2. The normalized spacial score (nSPS) is 19.5. The van der Waals surface area contributed by atoms with Crippen molar-refractivity contribution in [2.45, 2.75) is 24.4 Å². The molecule has 2 heterocycles. The largest absolute Gasteiger partial charge is 0.396 e. The molecule has 0 bridgehead atoms. The molecule has 6 nitrogen and oxygen atoms in total. The highest BCUT2D eigenvalue weighted by Crippen LogP contribution is 2.26. The third-order valence-corrected chi connectivity index (χ3v) is 3.95. The Kier molecular flexibility index (Phi) is 5.24. The monoisotopic (exact) mass is 283 g/mol. The molecule has 2 rings (SSSR count). The number of piperidine rings is 1. The summed E-state index contributed by atoms with van der Waals surface area (Å²) in [5.41, 5.74) is 2.59. The number of thioether (sulfide) groups is 1. The number of nitrogens with two attached hydrogens (primary N) is 1. The van der Waals surface area contributed by atoms with Gasteiger partial charge in [0.05, 0.1) is 0 Å². The van der Waals surface area contributed by atoms with Crippen LogP contribution in [-0.4, -0.2) is 41.0 Å². The highest BCUT2D eigenvalue weighted by molar-refractivity contribution is 7.98. The quantitative estimate of drug-likeness (QED) is 0.322. The lowest BCUT2D eigenvalue weighted by molar-refractivity contribution is 0.244. The number of nitrogens with zero attached hydrogens (tertiary/aromatic N) is 3. The first-order valence-electron chi connectivity index (χ1n) is 6.52. The summed E-state index contributed by atoms with van der Waals surface area (Å²) in [6.45, 7) is 2.19. The highest BCUT2D eigenvalue weighted by Gasteiger charge is 2.21. The smallest absolute Gasteiger partial charge is 0.191 e. The van der Waals surface area contributed by atoms with Gasteiger partial charge in [0.1, 0.15) is 11.6 Å². The zero-order chi connectivity index (χ0) is 13.7. The van der Waals surface area contributed by atoms with E-state index in [2.05, 4.69) is 20.3 Å². The van der Waals surface area contributed by atoms with E-state index < -0.39 is 0 Å². The second-order valence-electron chi connectivity index (χ2n) is 4.71. The first-order chi connectivity index (χ1) is 9.26. The number of nitrogen functional groups attached to an aromatic ring is 1. The third kappa shape index (κ3) is 3.71. The summed E-state index contributed by atoms with van der Waals surface area (Å²) in [5, 5.41) is 9.78. The maximum Gasteiger partial charge on any atom is 0.191 e. The summed E-state index contributed by atoms with van der Waals surface area (Å²) in [6, 6.07) is 1.88. The van der Waals surface area contributed by atoms with E-state index in [0.717, 1.165) is 36.9 Å². The van der Waals surface area contributed by atoms with Crippen LogP contribution in [0.3, 0.4) is 0 Å². The van der Waals surface area contributed by atoms with E-state index >= 15 is 0 Å². The van der Waals surface area contributed by atoms with Crippen LogP contribution in [0.4, 0.5) is 11.6 Å². The van der Waals surface area contributed by atoms with Gasteiger partial charge in [-0.2, -0.15) is 0 Å². The molecular formula is C12H21N5OS. The molecule has 4 N–H and O–H groups in total. The maximum atomic E-state index is 9.07. The Morgan fingerprint density at radius 3 is 3.11 bits per heavy atom. The predicted octanol–water partition coefficient (Wildman–Crippen LogP) is 1.08. The molecule has 0 aliphatic carbocycles. The second-order valence-corrected chi connectivity index (χ2v) is 5.48. The molecule has 106 valence electrons. The molecule has 1 aliphatic heterocycles. The fourth-order valence-electron chi connectivity index (χ4n) is 2.43. The van der Waals surface area contributed by atoms with Gasteiger partial charge >= 0.3 is 0 Å². The Morgan fingerprint density at radius 1 is 1.58 bits per heavy atom. The van der Waals surface area contributed by atoms with Crippen molar-refractivity contribution < 1.29 is 5.11 Å². The Morgan fingerprint density at radius 2 is 2.42 bits per heavy atom. The number of nitrogens with one attached hydrogen (secondary N) is 1. The van der Waals surface area contributed by atoms with Crippen LogP contribution in [0.25, 0.3) is 0 Å². The molecule has 19 heavy (non-hydrogen) atoms. The van der Waals surface area contributed by atoms with Crippen LogP contribution < -0.4 is 16.2 Å². The number of aliphatic hydroxyl groups is 1. The summed E-state index contributed by atoms with van der Waals surface area (Å²) < 4.78 is 0. The van der Waals surface area contributed by atoms with Crippen molar-refractivity contribution >= 4 is 23.4 Å². The summed E-state index contributed by atoms with van der Waals surface area (Å²) in [5.74, 6) is 7.54. The number of rotatable bonds is 5. The molecule has 0 saturated carbocycles. The van der Waals surface area contributed by atoms with Gasteiger partial charge in [-0.3, -0.25) is 0 Å². The van der Waals surface area contributed by atoms with E-state index in [1.165, 1.54) is 18.2 Å². The summed E-state index contributed by atoms with van der Waals surface area (Å²) in [6.07, 6.45) is 5.12. The minimum Gasteiger partial charge on any atom is -0.396 e. The Balaban J connectivity index is 2.15. The van der Waals surface area contributed by atoms with E-state index in [4.69, 9.17) is 10.9 Å². The lowest BCUT2D eigenvalue weighted by atomic mass is 9.95. The molecule has 1 saturated heterocycles. The minimum atomic E-state index is 0.258. The van der Waals surface area contributed by atoms with Crippen LogP contribution in [0.15, 0.2) is 11.2 Å². The fourth-order valence-corrected chi connectivity index (χ4v) is 2.81. The predicted molar refractivity (Wildman–Crippen MR) is 78.3 cm³/mol. The van der Waals surface area contributed by atoms with Gasteiger partial charge in [-0.15, -0.1) is 0 Å². The van der Waals surface area contributed by atoms with E-state index in [1.54, 1.807) is 0 Å². The van der Waals surface area contributed by atoms with Crippen LogP contribution in [-0.2, 0) is 0 Å². The molecule has 0 aromatic carbocycles. The van der Waals surface area contributed by atoms with E-state index in [0.29, 0.717) is 11.7 Å². The van der Waals surface area contributed by atoms with Gasteiger partial charge in [-0.05, 0) is 31.4 Å². The van der Waals surface area contributed by atoms with E-state index in [9.17, 15) is 0 Å². The summed E-state index contributed by atoms with van der Waals surface area (Å²) in [4.78, 5) is 11.1. The second kappa shape index (κ2) is 6.93. The van der Waals surface area contributed by atoms with E-state index in [-0.39, 0.29) is 6.61 Å². The average Bonchev–Trinajstić information content (AvgIpc) is 2.47. The van der Waals surface area contributed by atoms with Crippen molar-refractivity contribution in [2.75, 3.05) is 36.3 Å². The molecule has 0 spiro atoms. The topological polar surface area (TPSA) is 87.3 Å². The van der Waals surface area contributed by atoms with Crippen LogP contribution in [0.1, 0.15) is 19.3 Å². The molecule has 0 radical (unpaired) electrons. The van der Waals surface area contributed by atoms with Crippen molar-refractivity contribution in [3.8, 4) is 0 Å². The first kappa shape index (κ1) is 14.4. The molecule has 1 aromatic heterocycles. The van der Waals surface area contributed by atoms with Gasteiger partial charge in [-0.1, -0.05) is 11.8 Å². The van der Waals surface area contributed by atoms with Gasteiger partial charge in [-0.25, -0.2) is 15.8 Å². The molecular weight excluding hydrogens is 262 g/mol.